The maximum atomic E-state index is 13.6. The van der Waals surface area contributed by atoms with Gasteiger partial charge >= 0.3 is 0 Å². The molecule has 0 unspecified atom stereocenters. The smallest absolute Gasteiger partial charge is 0.183 e. The largest absolute Gasteiger partial charge is 0.384 e. The molecule has 8 heteroatoms. The molecule has 3 aromatic heterocycles. The minimum atomic E-state index is -1.09. The van der Waals surface area contributed by atoms with Gasteiger partial charge in [-0.2, -0.15) is 5.10 Å². The van der Waals surface area contributed by atoms with Gasteiger partial charge in [-0.15, -0.1) is 0 Å². The van der Waals surface area contributed by atoms with Crippen LogP contribution in [-0.4, -0.2) is 30.3 Å². The van der Waals surface area contributed by atoms with Crippen molar-refractivity contribution in [2.45, 2.75) is 57.5 Å². The Morgan fingerprint density at radius 1 is 1.22 bits per heavy atom. The molecule has 4 rings (SSSR count). The first kappa shape index (κ1) is 17.8. The molecule has 1 aliphatic carbocycles. The number of hydrogen-bond donors (Lipinski definition) is 3. The second-order valence-electron chi connectivity index (χ2n) is 7.64. The number of hydrogen-bond acceptors (Lipinski definition) is 6. The molecule has 0 radical (unpaired) electrons. The summed E-state index contributed by atoms with van der Waals surface area (Å²) >= 11 is 0. The Balaban J connectivity index is 0.00000225. The van der Waals surface area contributed by atoms with Crippen molar-refractivity contribution < 1.29 is 10.9 Å². The Morgan fingerprint density at radius 3 is 2.74 bits per heavy atom. The first-order valence-electron chi connectivity index (χ1n) is 9.28. The predicted octanol–water partition coefficient (Wildman–Crippen LogP) is 4.15. The van der Waals surface area contributed by atoms with Gasteiger partial charge in [0.15, 0.2) is 5.65 Å². The molecule has 7 nitrogen and oxygen atoms in total. The molecule has 1 aliphatic rings. The zero-order chi connectivity index (χ0) is 19.0. The predicted molar refractivity (Wildman–Crippen MR) is 102 cm³/mol. The van der Waals surface area contributed by atoms with E-state index in [2.05, 4.69) is 30.5 Å². The highest BCUT2D eigenvalue weighted by Crippen LogP contribution is 2.33. The number of nitrogens with zero attached hydrogens (tertiary/aromatic N) is 4. The number of pyridine rings is 1. The number of fused-ring (bicyclic) bond motifs is 1. The van der Waals surface area contributed by atoms with E-state index >= 15 is 0 Å². The third kappa shape index (κ3) is 3.75. The quantitative estimate of drug-likeness (QED) is 0.636. The van der Waals surface area contributed by atoms with Gasteiger partial charge in [-0.3, -0.25) is 5.10 Å². The molecule has 0 aromatic carbocycles. The zero-order valence-corrected chi connectivity index (χ0v) is 15.5. The lowest BCUT2D eigenvalue weighted by Crippen LogP contribution is -2.21. The summed E-state index contributed by atoms with van der Waals surface area (Å²) in [6.07, 6.45) is 6.81. The number of nitrogens with one attached hydrogen (secondary N) is 2. The van der Waals surface area contributed by atoms with Crippen molar-refractivity contribution in [3.8, 4) is 0 Å². The minimum absolute atomic E-state index is 0. The van der Waals surface area contributed by atoms with E-state index in [0.717, 1.165) is 24.9 Å². The molecule has 0 spiro atoms. The number of H-pyrrole nitrogens is 1. The van der Waals surface area contributed by atoms with Crippen LogP contribution in [0.4, 0.5) is 16.0 Å². The van der Waals surface area contributed by atoms with Crippen LogP contribution < -0.4 is 5.32 Å². The zero-order valence-electron chi connectivity index (χ0n) is 15.5. The van der Waals surface area contributed by atoms with E-state index in [-0.39, 0.29) is 1.43 Å². The van der Waals surface area contributed by atoms with Gasteiger partial charge in [0.05, 0.1) is 17.3 Å². The summed E-state index contributed by atoms with van der Waals surface area (Å²) in [6, 6.07) is 3.08. The van der Waals surface area contributed by atoms with Crippen molar-refractivity contribution in [2.24, 2.45) is 0 Å². The fourth-order valence-corrected chi connectivity index (χ4v) is 3.48. The highest BCUT2D eigenvalue weighted by atomic mass is 19.1. The van der Waals surface area contributed by atoms with Crippen LogP contribution in [0.3, 0.4) is 0 Å². The van der Waals surface area contributed by atoms with E-state index in [4.69, 9.17) is 0 Å². The van der Waals surface area contributed by atoms with Crippen molar-refractivity contribution in [3.63, 3.8) is 0 Å². The van der Waals surface area contributed by atoms with Gasteiger partial charge in [-0.1, -0.05) is 19.3 Å². The normalized spacial score (nSPS) is 16.0. The average Bonchev–Trinajstić information content (AvgIpc) is 3.03. The molecule has 0 atom stereocenters. The summed E-state index contributed by atoms with van der Waals surface area (Å²) in [5.74, 6) is 1.64. The van der Waals surface area contributed by atoms with Crippen LogP contribution in [0, 0.1) is 5.82 Å². The monoisotopic (exact) mass is 372 g/mol. The number of aliphatic hydroxyl groups is 1. The Kier molecular flexibility index (Phi) is 4.51. The summed E-state index contributed by atoms with van der Waals surface area (Å²) in [6.45, 7) is 3.41. The van der Waals surface area contributed by atoms with Crippen LogP contribution >= 0.6 is 0 Å². The SMILES string of the molecule is CC(C)(O)c1cc(Nc2[nH]nc3ncc(F)cc23)nc(C2CCCCC2)n1.[HH]. The van der Waals surface area contributed by atoms with Gasteiger partial charge < -0.3 is 10.4 Å². The summed E-state index contributed by atoms with van der Waals surface area (Å²) in [7, 11) is 0. The molecule has 0 amide bonds. The lowest BCUT2D eigenvalue weighted by molar-refractivity contribution is 0.0733. The summed E-state index contributed by atoms with van der Waals surface area (Å²) in [5, 5.41) is 21.1. The van der Waals surface area contributed by atoms with Crippen LogP contribution in [0.15, 0.2) is 18.3 Å². The maximum absolute atomic E-state index is 13.6. The molecule has 0 saturated heterocycles. The minimum Gasteiger partial charge on any atom is -0.384 e. The van der Waals surface area contributed by atoms with Crippen LogP contribution in [-0.2, 0) is 5.60 Å². The van der Waals surface area contributed by atoms with Crippen LogP contribution in [0.25, 0.3) is 11.0 Å². The van der Waals surface area contributed by atoms with Crippen molar-refractivity contribution in [1.29, 1.82) is 0 Å². The van der Waals surface area contributed by atoms with Crippen molar-refractivity contribution in [3.05, 3.63) is 35.7 Å². The number of halogens is 1. The van der Waals surface area contributed by atoms with Crippen LogP contribution in [0.5, 0.6) is 0 Å². The van der Waals surface area contributed by atoms with E-state index in [1.165, 1.54) is 25.3 Å². The number of rotatable bonds is 4. The third-order valence-corrected chi connectivity index (χ3v) is 4.97. The Morgan fingerprint density at radius 2 is 2.00 bits per heavy atom. The average molecular weight is 372 g/mol. The summed E-state index contributed by atoms with van der Waals surface area (Å²) in [5.41, 5.74) is -0.121. The molecule has 0 bridgehead atoms. The lowest BCUT2D eigenvalue weighted by Gasteiger charge is -2.24. The van der Waals surface area contributed by atoms with Gasteiger partial charge in [-0.25, -0.2) is 19.3 Å². The summed E-state index contributed by atoms with van der Waals surface area (Å²) in [4.78, 5) is 13.3. The van der Waals surface area contributed by atoms with Crippen LogP contribution in [0.1, 0.15) is 64.8 Å². The fraction of sp³-hybridized carbons (Fsp3) is 0.474. The van der Waals surface area contributed by atoms with E-state index < -0.39 is 11.4 Å². The van der Waals surface area contributed by atoms with Crippen LogP contribution in [0.2, 0.25) is 0 Å². The Bertz CT molecular complexity index is 965. The number of aromatic nitrogens is 5. The van der Waals surface area contributed by atoms with Crippen molar-refractivity contribution in [1.82, 2.24) is 25.1 Å². The molecule has 3 aromatic rings. The highest BCUT2D eigenvalue weighted by molar-refractivity contribution is 5.88. The van der Waals surface area contributed by atoms with E-state index in [1.807, 2.05) is 0 Å². The first-order chi connectivity index (χ1) is 12.9. The molecule has 3 heterocycles. The van der Waals surface area contributed by atoms with Gasteiger partial charge in [0.1, 0.15) is 28.9 Å². The van der Waals surface area contributed by atoms with E-state index in [1.54, 1.807) is 19.9 Å². The third-order valence-electron chi connectivity index (χ3n) is 4.97. The second kappa shape index (κ2) is 6.84. The molecule has 1 saturated carbocycles. The number of aromatic amines is 1. The molecular formula is C19H25FN6O. The van der Waals surface area contributed by atoms with Gasteiger partial charge in [0.2, 0.25) is 0 Å². The van der Waals surface area contributed by atoms with Gasteiger partial charge in [0, 0.05) is 13.4 Å². The molecular weight excluding hydrogens is 347 g/mol. The second-order valence-corrected chi connectivity index (χ2v) is 7.64. The van der Waals surface area contributed by atoms with Gasteiger partial charge in [0.25, 0.3) is 0 Å². The molecule has 0 aliphatic heterocycles. The summed E-state index contributed by atoms with van der Waals surface area (Å²) < 4.78 is 13.6. The fourth-order valence-electron chi connectivity index (χ4n) is 3.48. The number of anilines is 2. The molecule has 1 fully saturated rings. The van der Waals surface area contributed by atoms with E-state index in [9.17, 15) is 9.50 Å². The highest BCUT2D eigenvalue weighted by Gasteiger charge is 2.24. The maximum Gasteiger partial charge on any atom is 0.183 e. The Labute approximate surface area is 157 Å². The standard InChI is InChI=1S/C19H23FN6O.H2/c1-19(2,27)14-9-15(23-16(22-14)11-6-4-3-5-7-11)24-18-13-8-12(20)10-21-17(13)25-26-18;/h8-11,27H,3-7H2,1-2H3,(H2,21,22,23,24,25,26);1H. The molecule has 3 N–H and O–H groups in total. The van der Waals surface area contributed by atoms with Crippen molar-refractivity contribution in [2.75, 3.05) is 5.32 Å². The molecule has 27 heavy (non-hydrogen) atoms. The van der Waals surface area contributed by atoms with Crippen molar-refractivity contribution >= 4 is 22.7 Å². The molecule has 144 valence electrons. The van der Waals surface area contributed by atoms with Gasteiger partial charge in [-0.05, 0) is 32.8 Å². The topological polar surface area (TPSA) is 99.6 Å². The van der Waals surface area contributed by atoms with E-state index in [0.29, 0.717) is 34.3 Å². The lowest BCUT2D eigenvalue weighted by atomic mass is 9.88. The Hall–Kier alpha value is -2.61. The first-order valence-corrected chi connectivity index (χ1v) is 9.28.